The Morgan fingerprint density at radius 3 is 3.11 bits per heavy atom. The third-order valence-corrected chi connectivity index (χ3v) is 3.39. The highest BCUT2D eigenvalue weighted by Gasteiger charge is 2.36. The van der Waals surface area contributed by atoms with Crippen LogP contribution >= 0.6 is 11.6 Å². The van der Waals surface area contributed by atoms with E-state index in [4.69, 9.17) is 22.4 Å². The summed E-state index contributed by atoms with van der Waals surface area (Å²) in [6, 6.07) is 0. The largest absolute Gasteiger partial charge is 0.394 e. The first kappa shape index (κ1) is 12.3. The lowest BCUT2D eigenvalue weighted by atomic mass is 10.2. The molecule has 2 aromatic heterocycles. The SMILES string of the molecule is Nc1nc(Cl)c2ncn(/C=C3\C[C@H]3[C@H](O)CO)c2n1. The zero-order chi connectivity index (χ0) is 13.6. The fourth-order valence-corrected chi connectivity index (χ4v) is 2.24. The van der Waals surface area contributed by atoms with Crippen LogP contribution in [0.4, 0.5) is 5.95 Å². The van der Waals surface area contributed by atoms with Crippen LogP contribution in [-0.4, -0.2) is 42.4 Å². The molecule has 0 saturated heterocycles. The fraction of sp³-hybridized carbons (Fsp3) is 0.364. The summed E-state index contributed by atoms with van der Waals surface area (Å²) in [6.45, 7) is -0.242. The summed E-state index contributed by atoms with van der Waals surface area (Å²) in [5.74, 6) is 0.0810. The highest BCUT2D eigenvalue weighted by Crippen LogP contribution is 2.41. The highest BCUT2D eigenvalue weighted by atomic mass is 35.5. The second kappa shape index (κ2) is 4.44. The van der Waals surface area contributed by atoms with Gasteiger partial charge in [-0.25, -0.2) is 4.98 Å². The number of imidazole rings is 1. The predicted octanol–water partition coefficient (Wildman–Crippen LogP) is 0.276. The van der Waals surface area contributed by atoms with E-state index in [1.165, 1.54) is 0 Å². The molecule has 2 aromatic rings. The van der Waals surface area contributed by atoms with E-state index in [1.54, 1.807) is 10.9 Å². The molecule has 2 heterocycles. The molecule has 1 aliphatic carbocycles. The lowest BCUT2D eigenvalue weighted by molar-refractivity contribution is 0.0815. The van der Waals surface area contributed by atoms with Gasteiger partial charge in [-0.2, -0.15) is 9.97 Å². The Labute approximate surface area is 113 Å². The zero-order valence-electron chi connectivity index (χ0n) is 9.86. The Morgan fingerprint density at radius 2 is 2.37 bits per heavy atom. The van der Waals surface area contributed by atoms with Crippen molar-refractivity contribution in [2.75, 3.05) is 12.3 Å². The van der Waals surface area contributed by atoms with Gasteiger partial charge in [0.2, 0.25) is 5.95 Å². The van der Waals surface area contributed by atoms with E-state index >= 15 is 0 Å². The van der Waals surface area contributed by atoms with Gasteiger partial charge in [0.25, 0.3) is 0 Å². The minimum atomic E-state index is -0.718. The quantitative estimate of drug-likeness (QED) is 0.697. The van der Waals surface area contributed by atoms with Crippen molar-refractivity contribution >= 4 is 34.9 Å². The topological polar surface area (TPSA) is 110 Å². The maximum Gasteiger partial charge on any atom is 0.223 e. The Hall–Kier alpha value is -1.70. The van der Waals surface area contributed by atoms with Crippen molar-refractivity contribution in [2.24, 2.45) is 5.92 Å². The van der Waals surface area contributed by atoms with Gasteiger partial charge in [-0.15, -0.1) is 0 Å². The van der Waals surface area contributed by atoms with Crippen LogP contribution in [0.25, 0.3) is 17.4 Å². The number of nitrogens with zero attached hydrogens (tertiary/aromatic N) is 4. The Balaban J connectivity index is 1.97. The number of anilines is 1. The van der Waals surface area contributed by atoms with E-state index in [-0.39, 0.29) is 23.6 Å². The number of halogens is 1. The van der Waals surface area contributed by atoms with Crippen LogP contribution in [0.3, 0.4) is 0 Å². The number of rotatable bonds is 3. The molecule has 19 heavy (non-hydrogen) atoms. The van der Waals surface area contributed by atoms with Gasteiger partial charge in [0.1, 0.15) is 11.8 Å². The van der Waals surface area contributed by atoms with Crippen molar-refractivity contribution in [1.82, 2.24) is 19.5 Å². The summed E-state index contributed by atoms with van der Waals surface area (Å²) in [7, 11) is 0. The second-order valence-corrected chi connectivity index (χ2v) is 4.82. The second-order valence-electron chi connectivity index (χ2n) is 4.46. The smallest absolute Gasteiger partial charge is 0.223 e. The van der Waals surface area contributed by atoms with Crippen LogP contribution in [0.15, 0.2) is 11.9 Å². The van der Waals surface area contributed by atoms with Gasteiger partial charge in [-0.3, -0.25) is 4.57 Å². The lowest BCUT2D eigenvalue weighted by Gasteiger charge is -2.02. The van der Waals surface area contributed by atoms with Gasteiger partial charge >= 0.3 is 0 Å². The summed E-state index contributed by atoms with van der Waals surface area (Å²) in [4.78, 5) is 12.0. The number of nitrogens with two attached hydrogens (primary N) is 1. The van der Waals surface area contributed by atoms with E-state index in [2.05, 4.69) is 15.0 Å². The Kier molecular flexibility index (Phi) is 2.89. The third kappa shape index (κ3) is 2.16. The summed E-state index contributed by atoms with van der Waals surface area (Å²) in [5.41, 5.74) is 7.58. The monoisotopic (exact) mass is 281 g/mol. The summed E-state index contributed by atoms with van der Waals surface area (Å²) < 4.78 is 1.69. The molecule has 0 radical (unpaired) electrons. The van der Waals surface area contributed by atoms with Gasteiger partial charge in [-0.1, -0.05) is 11.6 Å². The minimum Gasteiger partial charge on any atom is -0.394 e. The molecule has 4 N–H and O–H groups in total. The van der Waals surface area contributed by atoms with Crippen molar-refractivity contribution < 1.29 is 10.2 Å². The van der Waals surface area contributed by atoms with E-state index in [9.17, 15) is 5.11 Å². The summed E-state index contributed by atoms with van der Waals surface area (Å²) in [5, 5.41) is 18.6. The molecule has 1 saturated carbocycles. The van der Waals surface area contributed by atoms with Crippen molar-refractivity contribution in [1.29, 1.82) is 0 Å². The van der Waals surface area contributed by atoms with Crippen molar-refractivity contribution in [2.45, 2.75) is 12.5 Å². The number of hydrogen-bond donors (Lipinski definition) is 3. The van der Waals surface area contributed by atoms with E-state index in [1.807, 2.05) is 6.20 Å². The molecule has 0 aliphatic heterocycles. The summed E-state index contributed by atoms with van der Waals surface area (Å²) in [6.07, 6.45) is 3.42. The van der Waals surface area contributed by atoms with E-state index < -0.39 is 6.10 Å². The number of fused-ring (bicyclic) bond motifs is 1. The van der Waals surface area contributed by atoms with Crippen LogP contribution in [0.5, 0.6) is 0 Å². The maximum absolute atomic E-state index is 9.52. The number of nitrogen functional groups attached to an aromatic ring is 1. The molecule has 0 bridgehead atoms. The van der Waals surface area contributed by atoms with Crippen LogP contribution in [0.2, 0.25) is 5.15 Å². The molecular formula is C11H12ClN5O2. The van der Waals surface area contributed by atoms with Gasteiger partial charge in [-0.05, 0) is 12.0 Å². The average Bonchev–Trinajstić information content (AvgIpc) is 3.02. The van der Waals surface area contributed by atoms with E-state index in [0.29, 0.717) is 11.2 Å². The van der Waals surface area contributed by atoms with Gasteiger partial charge < -0.3 is 15.9 Å². The molecule has 0 unspecified atom stereocenters. The standard InChI is InChI=1S/C11H12ClN5O2/c12-9-8-10(16-11(13)15-9)17(4-14-8)2-5-1-6(5)7(19)3-18/h2,4,6-7,18-19H,1,3H2,(H2,13,15,16)/b5-2+/t6-,7-/m1/s1. The lowest BCUT2D eigenvalue weighted by Crippen LogP contribution is -2.14. The minimum absolute atomic E-state index is 0.00268. The Bertz CT molecular complexity index is 668. The molecule has 3 rings (SSSR count). The number of hydrogen-bond acceptors (Lipinski definition) is 6. The molecule has 1 aliphatic rings. The van der Waals surface area contributed by atoms with Crippen molar-refractivity contribution in [3.8, 4) is 0 Å². The predicted molar refractivity (Wildman–Crippen MR) is 70.2 cm³/mol. The van der Waals surface area contributed by atoms with E-state index in [0.717, 1.165) is 12.0 Å². The average molecular weight is 282 g/mol. The number of aliphatic hydroxyl groups is 2. The molecule has 7 nitrogen and oxygen atoms in total. The van der Waals surface area contributed by atoms with Crippen LogP contribution in [0, 0.1) is 5.92 Å². The van der Waals surface area contributed by atoms with Crippen LogP contribution < -0.4 is 5.73 Å². The normalized spacial score (nSPS) is 22.1. The molecule has 0 aromatic carbocycles. The maximum atomic E-state index is 9.52. The van der Waals surface area contributed by atoms with Gasteiger partial charge in [0.15, 0.2) is 10.8 Å². The third-order valence-electron chi connectivity index (χ3n) is 3.12. The highest BCUT2D eigenvalue weighted by molar-refractivity contribution is 6.33. The van der Waals surface area contributed by atoms with Crippen LogP contribution in [-0.2, 0) is 0 Å². The van der Waals surface area contributed by atoms with Gasteiger partial charge in [0.05, 0.1) is 12.7 Å². The molecule has 8 heteroatoms. The number of aliphatic hydroxyl groups excluding tert-OH is 2. The first-order valence-electron chi connectivity index (χ1n) is 5.75. The first-order chi connectivity index (χ1) is 9.10. The van der Waals surface area contributed by atoms with Crippen molar-refractivity contribution in [3.63, 3.8) is 0 Å². The molecule has 2 atom stereocenters. The molecule has 0 amide bonds. The fourth-order valence-electron chi connectivity index (χ4n) is 2.02. The summed E-state index contributed by atoms with van der Waals surface area (Å²) >= 11 is 5.93. The van der Waals surface area contributed by atoms with Crippen molar-refractivity contribution in [3.05, 3.63) is 17.1 Å². The number of aromatic nitrogens is 4. The molecular weight excluding hydrogens is 270 g/mol. The molecule has 0 spiro atoms. The molecule has 100 valence electrons. The zero-order valence-corrected chi connectivity index (χ0v) is 10.6. The van der Waals surface area contributed by atoms with Gasteiger partial charge in [0, 0.05) is 12.1 Å². The molecule has 1 fully saturated rings. The first-order valence-corrected chi connectivity index (χ1v) is 6.13. The Morgan fingerprint density at radius 1 is 1.58 bits per heavy atom. The van der Waals surface area contributed by atoms with Crippen LogP contribution in [0.1, 0.15) is 6.42 Å².